The second-order valence-electron chi connectivity index (χ2n) is 4.00. The number of benzene rings is 1. The lowest BCUT2D eigenvalue weighted by molar-refractivity contribution is 0.0698. The number of anilines is 1. The molecule has 80 valence electrons. The number of nitrogens with two attached hydrogens (primary N) is 1. The Hall–Kier alpha value is -1.55. The van der Waals surface area contributed by atoms with E-state index in [-0.39, 0.29) is 5.56 Å². The van der Waals surface area contributed by atoms with Gasteiger partial charge in [0.2, 0.25) is 0 Å². The highest BCUT2D eigenvalue weighted by molar-refractivity contribution is 5.94. The minimum atomic E-state index is -0.955. The Bertz CT molecular complexity index is 415. The molecule has 1 aromatic carbocycles. The standard InChI is InChI=1S/C11H14N2O2/c1-13-3-2-7-5-10(12)9(11(14)15)4-8(7)6-13/h4-5H,2-3,6,12H2,1H3,(H,14,15). The Morgan fingerprint density at radius 1 is 1.47 bits per heavy atom. The summed E-state index contributed by atoms with van der Waals surface area (Å²) in [7, 11) is 2.03. The van der Waals surface area contributed by atoms with Crippen molar-refractivity contribution in [1.29, 1.82) is 0 Å². The summed E-state index contributed by atoms with van der Waals surface area (Å²) in [6, 6.07) is 3.49. The summed E-state index contributed by atoms with van der Waals surface area (Å²) in [5.74, 6) is -0.955. The maximum absolute atomic E-state index is 10.9. The monoisotopic (exact) mass is 206 g/mol. The lowest BCUT2D eigenvalue weighted by Gasteiger charge is -2.25. The van der Waals surface area contributed by atoms with Crippen LogP contribution in [0.5, 0.6) is 0 Å². The molecule has 0 fully saturated rings. The SMILES string of the molecule is CN1CCc2cc(N)c(C(=O)O)cc2C1. The van der Waals surface area contributed by atoms with E-state index in [9.17, 15) is 4.79 Å². The average molecular weight is 206 g/mol. The summed E-state index contributed by atoms with van der Waals surface area (Å²) in [6.45, 7) is 1.80. The maximum atomic E-state index is 10.9. The fourth-order valence-electron chi connectivity index (χ4n) is 1.95. The summed E-state index contributed by atoms with van der Waals surface area (Å²) in [5, 5.41) is 8.94. The Morgan fingerprint density at radius 2 is 2.20 bits per heavy atom. The van der Waals surface area contributed by atoms with E-state index in [0.717, 1.165) is 25.1 Å². The molecule has 0 saturated heterocycles. The second-order valence-corrected chi connectivity index (χ2v) is 4.00. The zero-order valence-electron chi connectivity index (χ0n) is 8.66. The first-order chi connectivity index (χ1) is 7.08. The smallest absolute Gasteiger partial charge is 0.337 e. The quantitative estimate of drug-likeness (QED) is 0.671. The van der Waals surface area contributed by atoms with E-state index in [4.69, 9.17) is 10.8 Å². The minimum Gasteiger partial charge on any atom is -0.478 e. The molecule has 0 spiro atoms. The number of rotatable bonds is 1. The number of fused-ring (bicyclic) bond motifs is 1. The molecule has 0 aliphatic carbocycles. The molecule has 1 heterocycles. The summed E-state index contributed by atoms with van der Waals surface area (Å²) in [6.07, 6.45) is 0.940. The summed E-state index contributed by atoms with van der Waals surface area (Å²) >= 11 is 0. The van der Waals surface area contributed by atoms with E-state index in [0.29, 0.717) is 5.69 Å². The molecule has 0 atom stereocenters. The first-order valence-corrected chi connectivity index (χ1v) is 4.91. The zero-order valence-corrected chi connectivity index (χ0v) is 8.66. The first kappa shape index (κ1) is 9.98. The number of nitrogen functional groups attached to an aromatic ring is 1. The van der Waals surface area contributed by atoms with Crippen molar-refractivity contribution in [3.63, 3.8) is 0 Å². The molecular formula is C11H14N2O2. The van der Waals surface area contributed by atoms with Gasteiger partial charge in [0.25, 0.3) is 0 Å². The van der Waals surface area contributed by atoms with Gasteiger partial charge < -0.3 is 15.7 Å². The highest BCUT2D eigenvalue weighted by atomic mass is 16.4. The van der Waals surface area contributed by atoms with Crippen molar-refractivity contribution >= 4 is 11.7 Å². The van der Waals surface area contributed by atoms with Crippen LogP contribution in [-0.2, 0) is 13.0 Å². The largest absolute Gasteiger partial charge is 0.478 e. The molecule has 15 heavy (non-hydrogen) atoms. The topological polar surface area (TPSA) is 66.6 Å². The molecule has 3 N–H and O–H groups in total. The van der Waals surface area contributed by atoms with Crippen LogP contribution in [-0.4, -0.2) is 29.6 Å². The molecule has 0 unspecified atom stereocenters. The number of nitrogens with zero attached hydrogens (tertiary/aromatic N) is 1. The van der Waals surface area contributed by atoms with Gasteiger partial charge in [-0.3, -0.25) is 0 Å². The maximum Gasteiger partial charge on any atom is 0.337 e. The number of carboxylic acids is 1. The number of aromatic carboxylic acids is 1. The predicted octanol–water partition coefficient (Wildman–Crippen LogP) is 0.955. The van der Waals surface area contributed by atoms with Gasteiger partial charge in [0.15, 0.2) is 0 Å². The van der Waals surface area contributed by atoms with Crippen molar-refractivity contribution in [3.05, 3.63) is 28.8 Å². The minimum absolute atomic E-state index is 0.212. The van der Waals surface area contributed by atoms with Crippen LogP contribution in [0.3, 0.4) is 0 Å². The lowest BCUT2D eigenvalue weighted by Crippen LogP contribution is -2.27. The lowest BCUT2D eigenvalue weighted by atomic mass is 9.96. The molecule has 1 aliphatic rings. The highest BCUT2D eigenvalue weighted by Crippen LogP contribution is 2.24. The van der Waals surface area contributed by atoms with E-state index < -0.39 is 5.97 Å². The van der Waals surface area contributed by atoms with Gasteiger partial charge in [-0.25, -0.2) is 4.79 Å². The highest BCUT2D eigenvalue weighted by Gasteiger charge is 2.17. The van der Waals surface area contributed by atoms with Crippen molar-refractivity contribution in [2.45, 2.75) is 13.0 Å². The Balaban J connectivity index is 2.47. The Kier molecular flexibility index (Phi) is 2.36. The van der Waals surface area contributed by atoms with Crippen molar-refractivity contribution < 1.29 is 9.90 Å². The zero-order chi connectivity index (χ0) is 11.0. The van der Waals surface area contributed by atoms with Crippen molar-refractivity contribution in [2.75, 3.05) is 19.3 Å². The Labute approximate surface area is 88.3 Å². The normalized spacial score (nSPS) is 16.1. The summed E-state index contributed by atoms with van der Waals surface area (Å²) < 4.78 is 0. The third-order valence-corrected chi connectivity index (χ3v) is 2.81. The van der Waals surface area contributed by atoms with Gasteiger partial charge in [-0.1, -0.05) is 0 Å². The fraction of sp³-hybridized carbons (Fsp3) is 0.364. The molecule has 0 bridgehead atoms. The van der Waals surface area contributed by atoms with E-state index in [1.54, 1.807) is 12.1 Å². The molecule has 4 nitrogen and oxygen atoms in total. The van der Waals surface area contributed by atoms with Crippen LogP contribution in [0.4, 0.5) is 5.69 Å². The number of carbonyl (C=O) groups is 1. The van der Waals surface area contributed by atoms with Crippen molar-refractivity contribution in [3.8, 4) is 0 Å². The van der Waals surface area contributed by atoms with Crippen LogP contribution in [0.2, 0.25) is 0 Å². The average Bonchev–Trinajstić information content (AvgIpc) is 2.17. The van der Waals surface area contributed by atoms with E-state index in [1.807, 2.05) is 7.05 Å². The van der Waals surface area contributed by atoms with Crippen molar-refractivity contribution in [1.82, 2.24) is 4.90 Å². The molecule has 0 aromatic heterocycles. The van der Waals surface area contributed by atoms with Crippen LogP contribution < -0.4 is 5.73 Å². The summed E-state index contributed by atoms with van der Waals surface area (Å²) in [4.78, 5) is 13.1. The van der Waals surface area contributed by atoms with E-state index in [1.165, 1.54) is 5.56 Å². The second kappa shape index (κ2) is 3.55. The number of hydrogen-bond donors (Lipinski definition) is 2. The van der Waals surface area contributed by atoms with Gasteiger partial charge in [0.1, 0.15) is 0 Å². The molecule has 0 radical (unpaired) electrons. The molecule has 4 heteroatoms. The molecule has 2 rings (SSSR count). The predicted molar refractivity (Wildman–Crippen MR) is 57.9 cm³/mol. The number of carboxylic acid groups (broad SMARTS) is 1. The van der Waals surface area contributed by atoms with Gasteiger partial charge in [-0.15, -0.1) is 0 Å². The molecule has 0 saturated carbocycles. The fourth-order valence-corrected chi connectivity index (χ4v) is 1.95. The number of likely N-dealkylation sites (N-methyl/N-ethyl adjacent to an activating group) is 1. The third-order valence-electron chi connectivity index (χ3n) is 2.81. The van der Waals surface area contributed by atoms with Crippen molar-refractivity contribution in [2.24, 2.45) is 0 Å². The first-order valence-electron chi connectivity index (χ1n) is 4.91. The van der Waals surface area contributed by atoms with Crippen LogP contribution in [0.25, 0.3) is 0 Å². The Morgan fingerprint density at radius 3 is 2.87 bits per heavy atom. The molecule has 1 aliphatic heterocycles. The third kappa shape index (κ3) is 1.80. The van der Waals surface area contributed by atoms with Crippen LogP contribution in [0, 0.1) is 0 Å². The van der Waals surface area contributed by atoms with Gasteiger partial charge in [-0.2, -0.15) is 0 Å². The number of hydrogen-bond acceptors (Lipinski definition) is 3. The van der Waals surface area contributed by atoms with Crippen LogP contribution in [0.1, 0.15) is 21.5 Å². The van der Waals surface area contributed by atoms with Gasteiger partial charge >= 0.3 is 5.97 Å². The van der Waals surface area contributed by atoms with Gasteiger partial charge in [-0.05, 0) is 36.7 Å². The molecule has 0 amide bonds. The van der Waals surface area contributed by atoms with Crippen LogP contribution >= 0.6 is 0 Å². The van der Waals surface area contributed by atoms with E-state index >= 15 is 0 Å². The molecular weight excluding hydrogens is 192 g/mol. The van der Waals surface area contributed by atoms with Crippen LogP contribution in [0.15, 0.2) is 12.1 Å². The molecule has 1 aromatic rings. The van der Waals surface area contributed by atoms with Gasteiger partial charge in [0, 0.05) is 18.8 Å². The van der Waals surface area contributed by atoms with E-state index in [2.05, 4.69) is 4.90 Å². The van der Waals surface area contributed by atoms with Gasteiger partial charge in [0.05, 0.1) is 5.56 Å². The summed E-state index contributed by atoms with van der Waals surface area (Å²) in [5.41, 5.74) is 8.52.